The molecule has 4 rings (SSSR count). The van der Waals surface area contributed by atoms with Crippen LogP contribution in [0.3, 0.4) is 0 Å². The lowest BCUT2D eigenvalue weighted by Crippen LogP contribution is -2.41. The van der Waals surface area contributed by atoms with E-state index < -0.39 is 15.9 Å². The molecule has 1 amide bonds. The summed E-state index contributed by atoms with van der Waals surface area (Å²) >= 11 is 1.08. The number of nitrogens with one attached hydrogen (secondary N) is 1. The minimum Gasteiger partial charge on any atom is -0.439 e. The molecule has 0 spiro atoms. The monoisotopic (exact) mass is 473 g/mol. The summed E-state index contributed by atoms with van der Waals surface area (Å²) in [6, 6.07) is 10.5. The van der Waals surface area contributed by atoms with Crippen molar-refractivity contribution in [2.45, 2.75) is 18.7 Å². The maximum absolute atomic E-state index is 13.0. The second-order valence-electron chi connectivity index (χ2n) is 7.32. The van der Waals surface area contributed by atoms with Crippen LogP contribution >= 0.6 is 11.3 Å². The molecule has 1 aliphatic heterocycles. The number of carbonyl (C=O) groups is 1. The second kappa shape index (κ2) is 9.37. The molecule has 0 bridgehead atoms. The Hall–Kier alpha value is -2.79. The zero-order valence-corrected chi connectivity index (χ0v) is 19.3. The quantitative estimate of drug-likeness (QED) is 0.584. The SMILES string of the molecule is Cc1ccc(Oc2ccc(NC(=O)c3sccc3S(=O)(=O)N3CCOCC3)cn2)cc1C. The Morgan fingerprint density at radius 3 is 2.59 bits per heavy atom. The minimum atomic E-state index is -3.77. The van der Waals surface area contributed by atoms with Gasteiger partial charge in [0, 0.05) is 19.2 Å². The Kier molecular flexibility index (Phi) is 6.56. The Bertz CT molecular complexity index is 1220. The van der Waals surface area contributed by atoms with E-state index in [9.17, 15) is 13.2 Å². The predicted octanol–water partition coefficient (Wildman–Crippen LogP) is 3.83. The molecule has 1 aliphatic rings. The van der Waals surface area contributed by atoms with Crippen molar-refractivity contribution in [2.24, 2.45) is 0 Å². The number of aryl methyl sites for hydroxylation is 2. The predicted molar refractivity (Wildman–Crippen MR) is 122 cm³/mol. The molecule has 3 heterocycles. The van der Waals surface area contributed by atoms with Gasteiger partial charge in [0.15, 0.2) is 0 Å². The molecular weight excluding hydrogens is 450 g/mol. The number of hydrogen-bond acceptors (Lipinski definition) is 7. The van der Waals surface area contributed by atoms with E-state index in [1.54, 1.807) is 17.5 Å². The van der Waals surface area contributed by atoms with Crippen molar-refractivity contribution in [1.29, 1.82) is 0 Å². The molecule has 0 unspecified atom stereocenters. The molecule has 10 heteroatoms. The van der Waals surface area contributed by atoms with Crippen molar-refractivity contribution in [3.8, 4) is 11.6 Å². The molecule has 32 heavy (non-hydrogen) atoms. The van der Waals surface area contributed by atoms with E-state index in [-0.39, 0.29) is 22.9 Å². The van der Waals surface area contributed by atoms with Crippen LogP contribution in [0, 0.1) is 13.8 Å². The molecule has 1 fully saturated rings. The van der Waals surface area contributed by atoms with E-state index in [2.05, 4.69) is 10.3 Å². The lowest BCUT2D eigenvalue weighted by molar-refractivity contribution is 0.0730. The number of anilines is 1. The third-order valence-electron chi connectivity index (χ3n) is 5.12. The molecule has 0 radical (unpaired) electrons. The van der Waals surface area contributed by atoms with Crippen molar-refractivity contribution in [1.82, 2.24) is 9.29 Å². The number of rotatable bonds is 6. The van der Waals surface area contributed by atoms with Crippen molar-refractivity contribution in [3.05, 3.63) is 64.0 Å². The molecule has 1 aromatic carbocycles. The average molecular weight is 474 g/mol. The third kappa shape index (κ3) is 4.83. The van der Waals surface area contributed by atoms with Gasteiger partial charge < -0.3 is 14.8 Å². The summed E-state index contributed by atoms with van der Waals surface area (Å²) in [6.45, 7) is 5.25. The van der Waals surface area contributed by atoms with E-state index in [0.29, 0.717) is 30.5 Å². The standard InChI is InChI=1S/C22H23N3O5S2/c1-15-3-5-18(13-16(15)2)30-20-6-4-17(14-23-20)24-22(26)21-19(7-12-31-21)32(27,28)25-8-10-29-11-9-25/h3-7,12-14H,8-11H2,1-2H3,(H,24,26). The summed E-state index contributed by atoms with van der Waals surface area (Å²) in [6.07, 6.45) is 1.47. The lowest BCUT2D eigenvalue weighted by atomic mass is 10.1. The molecule has 3 aromatic rings. The van der Waals surface area contributed by atoms with Gasteiger partial charge in [0.1, 0.15) is 15.5 Å². The summed E-state index contributed by atoms with van der Waals surface area (Å²) in [7, 11) is -3.77. The number of hydrogen-bond donors (Lipinski definition) is 1. The summed E-state index contributed by atoms with van der Waals surface area (Å²) in [4.78, 5) is 17.2. The van der Waals surface area contributed by atoms with Gasteiger partial charge in [-0.2, -0.15) is 4.31 Å². The van der Waals surface area contributed by atoms with Gasteiger partial charge in [-0.05, 0) is 54.6 Å². The smallest absolute Gasteiger partial charge is 0.267 e. The number of sulfonamides is 1. The van der Waals surface area contributed by atoms with E-state index in [1.807, 2.05) is 32.0 Å². The molecule has 0 atom stereocenters. The van der Waals surface area contributed by atoms with Crippen LogP contribution in [0.25, 0.3) is 0 Å². The minimum absolute atomic E-state index is 0.00422. The first-order chi connectivity index (χ1) is 15.3. The highest BCUT2D eigenvalue weighted by Gasteiger charge is 2.31. The van der Waals surface area contributed by atoms with Gasteiger partial charge in [-0.1, -0.05) is 6.07 Å². The number of aromatic nitrogens is 1. The topological polar surface area (TPSA) is 97.8 Å². The van der Waals surface area contributed by atoms with Gasteiger partial charge in [0.25, 0.3) is 5.91 Å². The maximum atomic E-state index is 13.0. The van der Waals surface area contributed by atoms with Crippen molar-refractivity contribution >= 4 is 33.0 Å². The van der Waals surface area contributed by atoms with E-state index >= 15 is 0 Å². The highest BCUT2D eigenvalue weighted by atomic mass is 32.2. The average Bonchev–Trinajstić information content (AvgIpc) is 3.29. The van der Waals surface area contributed by atoms with Crippen LogP contribution in [-0.4, -0.2) is 49.9 Å². The number of amides is 1. The zero-order valence-electron chi connectivity index (χ0n) is 17.7. The highest BCUT2D eigenvalue weighted by Crippen LogP contribution is 2.27. The van der Waals surface area contributed by atoms with Crippen molar-refractivity contribution < 1.29 is 22.7 Å². The van der Waals surface area contributed by atoms with Crippen LogP contribution in [0.2, 0.25) is 0 Å². The number of thiophene rings is 1. The summed E-state index contributed by atoms with van der Waals surface area (Å²) in [5.41, 5.74) is 2.72. The van der Waals surface area contributed by atoms with E-state index in [1.165, 1.54) is 22.1 Å². The fourth-order valence-electron chi connectivity index (χ4n) is 3.19. The maximum Gasteiger partial charge on any atom is 0.267 e. The first-order valence-corrected chi connectivity index (χ1v) is 12.3. The Morgan fingerprint density at radius 1 is 1.12 bits per heavy atom. The zero-order chi connectivity index (χ0) is 22.7. The van der Waals surface area contributed by atoms with Gasteiger partial charge in [-0.15, -0.1) is 11.3 Å². The van der Waals surface area contributed by atoms with Crippen LogP contribution in [0.15, 0.2) is 52.9 Å². The first-order valence-electron chi connectivity index (χ1n) is 10.0. The van der Waals surface area contributed by atoms with Crippen LogP contribution in [0.1, 0.15) is 20.8 Å². The summed E-state index contributed by atoms with van der Waals surface area (Å²) in [5, 5.41) is 4.31. The van der Waals surface area contributed by atoms with Crippen LogP contribution in [-0.2, 0) is 14.8 Å². The normalized spacial score (nSPS) is 14.8. The molecule has 2 aromatic heterocycles. The Balaban J connectivity index is 1.46. The number of pyridine rings is 1. The van der Waals surface area contributed by atoms with Crippen LogP contribution in [0.4, 0.5) is 5.69 Å². The number of nitrogens with zero attached hydrogens (tertiary/aromatic N) is 2. The fraction of sp³-hybridized carbons (Fsp3) is 0.273. The molecule has 168 valence electrons. The van der Waals surface area contributed by atoms with Gasteiger partial charge in [0.2, 0.25) is 15.9 Å². The van der Waals surface area contributed by atoms with Crippen molar-refractivity contribution in [3.63, 3.8) is 0 Å². The molecule has 0 saturated carbocycles. The highest BCUT2D eigenvalue weighted by molar-refractivity contribution is 7.89. The third-order valence-corrected chi connectivity index (χ3v) is 8.10. The van der Waals surface area contributed by atoms with Crippen LogP contribution in [0.5, 0.6) is 11.6 Å². The Morgan fingerprint density at radius 2 is 1.91 bits per heavy atom. The van der Waals surface area contributed by atoms with E-state index in [0.717, 1.165) is 16.9 Å². The molecule has 8 nitrogen and oxygen atoms in total. The van der Waals surface area contributed by atoms with Crippen molar-refractivity contribution in [2.75, 3.05) is 31.6 Å². The van der Waals surface area contributed by atoms with Crippen LogP contribution < -0.4 is 10.1 Å². The fourth-order valence-corrected chi connectivity index (χ4v) is 5.90. The first kappa shape index (κ1) is 22.4. The second-order valence-corrected chi connectivity index (χ2v) is 10.1. The van der Waals surface area contributed by atoms with Gasteiger partial charge in [-0.25, -0.2) is 13.4 Å². The Labute approximate surface area is 190 Å². The summed E-state index contributed by atoms with van der Waals surface area (Å²) < 4.78 is 38.2. The van der Waals surface area contributed by atoms with Gasteiger partial charge in [0.05, 0.1) is 25.1 Å². The molecule has 1 saturated heterocycles. The molecule has 1 N–H and O–H groups in total. The number of morpholine rings is 1. The molecular formula is C22H23N3O5S2. The number of benzene rings is 1. The lowest BCUT2D eigenvalue weighted by Gasteiger charge is -2.26. The summed E-state index contributed by atoms with van der Waals surface area (Å²) in [5.74, 6) is 0.559. The van der Waals surface area contributed by atoms with Gasteiger partial charge in [-0.3, -0.25) is 4.79 Å². The van der Waals surface area contributed by atoms with Gasteiger partial charge >= 0.3 is 0 Å². The number of carbonyl (C=O) groups excluding carboxylic acids is 1. The number of ether oxygens (including phenoxy) is 2. The van der Waals surface area contributed by atoms with E-state index in [4.69, 9.17) is 9.47 Å². The largest absolute Gasteiger partial charge is 0.439 e. The molecule has 0 aliphatic carbocycles.